The quantitative estimate of drug-likeness (QED) is 0.314. The first-order valence-electron chi connectivity index (χ1n) is 9.10. The van der Waals surface area contributed by atoms with Gasteiger partial charge in [-0.05, 0) is 36.4 Å². The zero-order valence-corrected chi connectivity index (χ0v) is 16.5. The van der Waals surface area contributed by atoms with E-state index in [-0.39, 0.29) is 24.4 Å². The lowest BCUT2D eigenvalue weighted by Crippen LogP contribution is -2.21. The zero-order chi connectivity index (χ0) is 22.8. The third-order valence-electron chi connectivity index (χ3n) is 3.77. The van der Waals surface area contributed by atoms with Crippen molar-refractivity contribution in [1.82, 2.24) is 0 Å². The number of nitrogens with one attached hydrogen (secondary N) is 3. The maximum absolute atomic E-state index is 11.9. The Balaban J connectivity index is 1.68. The number of carbonyl (C=O) groups is 4. The molecule has 0 unspecified atom stereocenters. The number of non-ortho nitro benzene ring substituents is 1. The molecule has 0 aromatic heterocycles. The van der Waals surface area contributed by atoms with Crippen molar-refractivity contribution in [1.29, 1.82) is 0 Å². The summed E-state index contributed by atoms with van der Waals surface area (Å²) in [6, 6.07) is 11.6. The molecule has 0 aliphatic carbocycles. The number of nitro groups is 1. The predicted octanol–water partition coefficient (Wildman–Crippen LogP) is 2.45. The van der Waals surface area contributed by atoms with Crippen LogP contribution < -0.4 is 16.0 Å². The minimum absolute atomic E-state index is 0.108. The molecule has 0 atom stereocenters. The first-order valence-corrected chi connectivity index (χ1v) is 9.10. The van der Waals surface area contributed by atoms with E-state index in [0.29, 0.717) is 17.1 Å². The standard InChI is InChI=1S/C20H20N4O7/c1-13(25)21-14-2-4-15(5-3-14)23-19(27)12-31-20(28)11-10-18(26)22-16-6-8-17(9-7-16)24(29)30/h2-9H,10-12H2,1H3,(H,21,25)(H,22,26)(H,23,27). The van der Waals surface area contributed by atoms with E-state index >= 15 is 0 Å². The molecule has 2 aromatic rings. The summed E-state index contributed by atoms with van der Waals surface area (Å²) in [7, 11) is 0. The Morgan fingerprint density at radius 1 is 0.806 bits per heavy atom. The number of benzene rings is 2. The van der Waals surface area contributed by atoms with Crippen molar-refractivity contribution in [2.24, 2.45) is 0 Å². The average molecular weight is 428 g/mol. The fourth-order valence-electron chi connectivity index (χ4n) is 2.36. The van der Waals surface area contributed by atoms with E-state index < -0.39 is 29.3 Å². The van der Waals surface area contributed by atoms with Gasteiger partial charge in [0.15, 0.2) is 6.61 Å². The lowest BCUT2D eigenvalue weighted by atomic mass is 10.2. The van der Waals surface area contributed by atoms with Crippen molar-refractivity contribution in [3.05, 3.63) is 58.6 Å². The van der Waals surface area contributed by atoms with Crippen LogP contribution in [-0.4, -0.2) is 35.2 Å². The second-order valence-corrected chi connectivity index (χ2v) is 6.32. The number of hydrogen-bond acceptors (Lipinski definition) is 7. The van der Waals surface area contributed by atoms with Gasteiger partial charge in [0.25, 0.3) is 11.6 Å². The summed E-state index contributed by atoms with van der Waals surface area (Å²) in [6.45, 7) is 0.861. The molecule has 0 fully saturated rings. The maximum atomic E-state index is 11.9. The lowest BCUT2D eigenvalue weighted by Gasteiger charge is -2.08. The predicted molar refractivity (Wildman–Crippen MR) is 111 cm³/mol. The summed E-state index contributed by atoms with van der Waals surface area (Å²) in [4.78, 5) is 56.4. The van der Waals surface area contributed by atoms with Crippen LogP contribution in [0.5, 0.6) is 0 Å². The van der Waals surface area contributed by atoms with Gasteiger partial charge in [-0.2, -0.15) is 0 Å². The second kappa shape index (κ2) is 11.0. The number of nitro benzene ring substituents is 1. The molecule has 0 bridgehead atoms. The van der Waals surface area contributed by atoms with Gasteiger partial charge in [-0.3, -0.25) is 29.3 Å². The smallest absolute Gasteiger partial charge is 0.306 e. The molecule has 0 spiro atoms. The molecular weight excluding hydrogens is 408 g/mol. The number of nitrogens with zero attached hydrogens (tertiary/aromatic N) is 1. The van der Waals surface area contributed by atoms with Gasteiger partial charge in [-0.15, -0.1) is 0 Å². The fourth-order valence-corrected chi connectivity index (χ4v) is 2.36. The van der Waals surface area contributed by atoms with Crippen molar-refractivity contribution in [3.8, 4) is 0 Å². The molecule has 3 amide bonds. The molecule has 11 heteroatoms. The second-order valence-electron chi connectivity index (χ2n) is 6.32. The van der Waals surface area contributed by atoms with Gasteiger partial charge in [0.1, 0.15) is 0 Å². The van der Waals surface area contributed by atoms with Crippen LogP contribution in [0.3, 0.4) is 0 Å². The van der Waals surface area contributed by atoms with E-state index in [2.05, 4.69) is 16.0 Å². The van der Waals surface area contributed by atoms with E-state index in [1.165, 1.54) is 31.2 Å². The molecule has 0 aliphatic heterocycles. The minimum atomic E-state index is -0.727. The molecular formula is C20H20N4O7. The molecule has 0 saturated heterocycles. The third-order valence-corrected chi connectivity index (χ3v) is 3.77. The van der Waals surface area contributed by atoms with E-state index in [1.807, 2.05) is 0 Å². The van der Waals surface area contributed by atoms with Crippen LogP contribution in [0, 0.1) is 10.1 Å². The van der Waals surface area contributed by atoms with Crippen LogP contribution in [0.1, 0.15) is 19.8 Å². The van der Waals surface area contributed by atoms with Gasteiger partial charge in [-0.1, -0.05) is 0 Å². The topological polar surface area (TPSA) is 157 Å². The molecule has 11 nitrogen and oxygen atoms in total. The summed E-state index contributed by atoms with van der Waals surface area (Å²) >= 11 is 0. The molecule has 0 aliphatic rings. The highest BCUT2D eigenvalue weighted by molar-refractivity contribution is 5.95. The van der Waals surface area contributed by atoms with Crippen molar-refractivity contribution >= 4 is 46.4 Å². The number of rotatable bonds is 9. The Bertz CT molecular complexity index is 972. The Labute approximate surface area is 176 Å². The molecule has 0 saturated carbocycles. The molecule has 0 radical (unpaired) electrons. The molecule has 2 rings (SSSR count). The van der Waals surface area contributed by atoms with Gasteiger partial charge in [0.05, 0.1) is 11.3 Å². The SMILES string of the molecule is CC(=O)Nc1ccc(NC(=O)COC(=O)CCC(=O)Nc2ccc([N+](=O)[O-])cc2)cc1. The highest BCUT2D eigenvalue weighted by Crippen LogP contribution is 2.16. The van der Waals surface area contributed by atoms with Crippen molar-refractivity contribution < 1.29 is 28.8 Å². The Hall–Kier alpha value is -4.28. The zero-order valence-electron chi connectivity index (χ0n) is 16.5. The summed E-state index contributed by atoms with van der Waals surface area (Å²) in [6.07, 6.45) is -0.417. The van der Waals surface area contributed by atoms with Crippen LogP contribution in [0.4, 0.5) is 22.7 Å². The normalized spacial score (nSPS) is 9.97. The van der Waals surface area contributed by atoms with Gasteiger partial charge in [0, 0.05) is 42.5 Å². The third kappa shape index (κ3) is 8.31. The van der Waals surface area contributed by atoms with Crippen molar-refractivity contribution in [2.75, 3.05) is 22.6 Å². The number of carbonyl (C=O) groups excluding carboxylic acids is 4. The van der Waals surface area contributed by atoms with Crippen molar-refractivity contribution in [2.45, 2.75) is 19.8 Å². The van der Waals surface area contributed by atoms with Gasteiger partial charge >= 0.3 is 5.97 Å². The van der Waals surface area contributed by atoms with Gasteiger partial charge in [-0.25, -0.2) is 0 Å². The van der Waals surface area contributed by atoms with Gasteiger partial charge in [0.2, 0.25) is 11.8 Å². The highest BCUT2D eigenvalue weighted by atomic mass is 16.6. The number of amides is 3. The van der Waals surface area contributed by atoms with E-state index in [1.54, 1.807) is 24.3 Å². The van der Waals surface area contributed by atoms with Crippen LogP contribution in [0.15, 0.2) is 48.5 Å². The van der Waals surface area contributed by atoms with Crippen LogP contribution in [0.25, 0.3) is 0 Å². The van der Waals surface area contributed by atoms with Crippen LogP contribution >= 0.6 is 0 Å². The number of hydrogen-bond donors (Lipinski definition) is 3. The molecule has 3 N–H and O–H groups in total. The van der Waals surface area contributed by atoms with E-state index in [4.69, 9.17) is 4.74 Å². The first kappa shape index (κ1) is 23.0. The van der Waals surface area contributed by atoms with Crippen LogP contribution in [-0.2, 0) is 23.9 Å². The summed E-state index contributed by atoms with van der Waals surface area (Å²) in [5, 5.41) is 18.2. The van der Waals surface area contributed by atoms with E-state index in [9.17, 15) is 29.3 Å². The summed E-state index contributed by atoms with van der Waals surface area (Å²) in [5.74, 6) is -1.98. The number of anilines is 3. The average Bonchev–Trinajstić information content (AvgIpc) is 2.72. The Morgan fingerprint density at radius 3 is 1.81 bits per heavy atom. The Morgan fingerprint density at radius 2 is 1.29 bits per heavy atom. The number of ether oxygens (including phenoxy) is 1. The first-order chi connectivity index (χ1) is 14.7. The molecule has 162 valence electrons. The molecule has 0 heterocycles. The summed E-state index contributed by atoms with van der Waals surface area (Å²) < 4.78 is 4.83. The molecule has 31 heavy (non-hydrogen) atoms. The minimum Gasteiger partial charge on any atom is -0.456 e. The fraction of sp³-hybridized carbons (Fsp3) is 0.200. The lowest BCUT2D eigenvalue weighted by molar-refractivity contribution is -0.384. The summed E-state index contributed by atoms with van der Waals surface area (Å²) in [5.41, 5.74) is 1.28. The monoisotopic (exact) mass is 428 g/mol. The van der Waals surface area contributed by atoms with E-state index in [0.717, 1.165) is 0 Å². The maximum Gasteiger partial charge on any atom is 0.306 e. The van der Waals surface area contributed by atoms with Gasteiger partial charge < -0.3 is 20.7 Å². The largest absolute Gasteiger partial charge is 0.456 e. The molecule has 2 aromatic carbocycles. The highest BCUT2D eigenvalue weighted by Gasteiger charge is 2.12. The number of esters is 1. The Kier molecular flexibility index (Phi) is 8.20. The van der Waals surface area contributed by atoms with Crippen molar-refractivity contribution in [3.63, 3.8) is 0 Å². The van der Waals surface area contributed by atoms with Crippen LogP contribution in [0.2, 0.25) is 0 Å².